The summed E-state index contributed by atoms with van der Waals surface area (Å²) in [7, 11) is -1.94. The second kappa shape index (κ2) is 13.7. The number of ketones is 1. The third kappa shape index (κ3) is 14.5. The van der Waals surface area contributed by atoms with Crippen molar-refractivity contribution >= 4 is 15.8 Å². The second-order valence-corrected chi connectivity index (χ2v) is 14.5. The van der Waals surface area contributed by atoms with E-state index in [2.05, 4.69) is 6.58 Å². The molecule has 0 fully saturated rings. The number of rotatable bonds is 19. The first-order valence-electron chi connectivity index (χ1n) is 12.7. The third-order valence-corrected chi connectivity index (χ3v) is 8.17. The van der Waals surface area contributed by atoms with Gasteiger partial charge in [0.2, 0.25) is 10.0 Å². The molecule has 35 heavy (non-hydrogen) atoms. The van der Waals surface area contributed by atoms with Crippen molar-refractivity contribution in [2.24, 2.45) is 10.8 Å². The molecule has 0 saturated heterocycles. The minimum absolute atomic E-state index is 0.00359. The van der Waals surface area contributed by atoms with E-state index >= 15 is 0 Å². The summed E-state index contributed by atoms with van der Waals surface area (Å²) in [6, 6.07) is 0. The van der Waals surface area contributed by atoms with Gasteiger partial charge in [0.15, 0.2) is 5.78 Å². The second-order valence-electron chi connectivity index (χ2n) is 12.5. The lowest BCUT2D eigenvalue weighted by Gasteiger charge is -2.34. The third-order valence-electron chi connectivity index (χ3n) is 6.03. The number of sulfonamides is 1. The van der Waals surface area contributed by atoms with Crippen molar-refractivity contribution in [3.05, 3.63) is 12.7 Å². The lowest BCUT2D eigenvalue weighted by Crippen LogP contribution is -2.45. The predicted molar refractivity (Wildman–Crippen MR) is 144 cm³/mol. The summed E-state index contributed by atoms with van der Waals surface area (Å²) in [5.41, 5.74) is -1.84. The number of hydrogen-bond acceptors (Lipinski definition) is 6. The first-order chi connectivity index (χ1) is 15.7. The topological polar surface area (TPSA) is 82.1 Å². The lowest BCUT2D eigenvalue weighted by atomic mass is 9.83. The van der Waals surface area contributed by atoms with Gasteiger partial charge in [-0.15, -0.1) is 0 Å². The molecule has 0 aliphatic carbocycles. The predicted octanol–water partition coefficient (Wildman–Crippen LogP) is 5.24. The van der Waals surface area contributed by atoms with Gasteiger partial charge < -0.3 is 14.2 Å². The van der Waals surface area contributed by atoms with E-state index in [1.165, 1.54) is 10.4 Å². The molecule has 0 aliphatic heterocycles. The van der Waals surface area contributed by atoms with Crippen LogP contribution in [-0.4, -0.2) is 75.0 Å². The van der Waals surface area contributed by atoms with E-state index in [-0.39, 0.29) is 28.7 Å². The molecule has 208 valence electrons. The van der Waals surface area contributed by atoms with Crippen molar-refractivity contribution in [2.45, 2.75) is 106 Å². The molecule has 0 aromatic heterocycles. The maximum absolute atomic E-state index is 13.1. The Balaban J connectivity index is 4.88. The van der Waals surface area contributed by atoms with Crippen LogP contribution in [-0.2, 0) is 29.0 Å². The van der Waals surface area contributed by atoms with Gasteiger partial charge in [-0.05, 0) is 65.9 Å². The SMILES string of the molecule is C=CC(=O)CC(C)(CC)COCC(C)(C)CN(C)S(=O)(=O)CC(C)(C)OCCC(C)(C)OC(C)C. The van der Waals surface area contributed by atoms with Crippen LogP contribution in [0.3, 0.4) is 0 Å². The van der Waals surface area contributed by atoms with Crippen molar-refractivity contribution in [3.8, 4) is 0 Å². The molecule has 0 bridgehead atoms. The van der Waals surface area contributed by atoms with Gasteiger partial charge in [0.25, 0.3) is 0 Å². The maximum Gasteiger partial charge on any atom is 0.216 e. The van der Waals surface area contributed by atoms with Gasteiger partial charge in [-0.25, -0.2) is 12.7 Å². The van der Waals surface area contributed by atoms with Crippen LogP contribution >= 0.6 is 0 Å². The van der Waals surface area contributed by atoms with Gasteiger partial charge in [-0.2, -0.15) is 0 Å². The summed E-state index contributed by atoms with van der Waals surface area (Å²) in [5, 5.41) is 0. The van der Waals surface area contributed by atoms with Gasteiger partial charge in [0, 0.05) is 25.4 Å². The highest BCUT2D eigenvalue weighted by Gasteiger charge is 2.34. The molecule has 0 aliphatic rings. The number of carbonyl (C=O) groups excluding carboxylic acids is 1. The Morgan fingerprint density at radius 2 is 1.60 bits per heavy atom. The molecule has 0 radical (unpaired) electrons. The van der Waals surface area contributed by atoms with E-state index in [0.29, 0.717) is 39.2 Å². The van der Waals surface area contributed by atoms with E-state index in [9.17, 15) is 13.2 Å². The molecule has 0 aromatic carbocycles. The largest absolute Gasteiger partial charge is 0.380 e. The Kier molecular flexibility index (Phi) is 13.3. The Bertz CT molecular complexity index is 773. The average Bonchev–Trinajstić information content (AvgIpc) is 2.64. The van der Waals surface area contributed by atoms with Crippen LogP contribution in [0.4, 0.5) is 0 Å². The summed E-state index contributed by atoms with van der Waals surface area (Å²) < 4.78 is 45.4. The van der Waals surface area contributed by atoms with Crippen molar-refractivity contribution in [2.75, 3.05) is 39.2 Å². The summed E-state index contributed by atoms with van der Waals surface area (Å²) in [4.78, 5) is 11.8. The fraction of sp³-hybridized carbons (Fsp3) is 0.889. The van der Waals surface area contributed by atoms with Gasteiger partial charge in [-0.3, -0.25) is 4.79 Å². The van der Waals surface area contributed by atoms with E-state index in [1.807, 2.05) is 55.4 Å². The first kappa shape index (κ1) is 34.2. The van der Waals surface area contributed by atoms with E-state index < -0.39 is 21.0 Å². The zero-order valence-corrected chi connectivity index (χ0v) is 25.1. The normalized spacial score (nSPS) is 15.5. The highest BCUT2D eigenvalue weighted by Crippen LogP contribution is 2.29. The van der Waals surface area contributed by atoms with E-state index in [1.54, 1.807) is 20.9 Å². The molecule has 0 saturated carbocycles. The quantitative estimate of drug-likeness (QED) is 0.217. The molecule has 0 aromatic rings. The Labute approximate surface area is 216 Å². The molecule has 0 N–H and O–H groups in total. The molecule has 0 heterocycles. The zero-order valence-electron chi connectivity index (χ0n) is 24.3. The summed E-state index contributed by atoms with van der Waals surface area (Å²) >= 11 is 0. The number of carbonyl (C=O) groups is 1. The maximum atomic E-state index is 13.1. The van der Waals surface area contributed by atoms with Crippen LogP contribution in [0.5, 0.6) is 0 Å². The smallest absolute Gasteiger partial charge is 0.216 e. The molecule has 1 atom stereocenters. The van der Waals surface area contributed by atoms with Crippen molar-refractivity contribution < 1.29 is 27.4 Å². The van der Waals surface area contributed by atoms with Crippen LogP contribution in [0, 0.1) is 10.8 Å². The van der Waals surface area contributed by atoms with Crippen LogP contribution in [0.2, 0.25) is 0 Å². The fourth-order valence-corrected chi connectivity index (χ4v) is 5.68. The Hall–Kier alpha value is -0.800. The van der Waals surface area contributed by atoms with Crippen molar-refractivity contribution in [1.82, 2.24) is 4.31 Å². The Morgan fingerprint density at radius 3 is 2.09 bits per heavy atom. The highest BCUT2D eigenvalue weighted by atomic mass is 32.2. The Morgan fingerprint density at radius 1 is 1.03 bits per heavy atom. The standard InChI is InChI=1S/C27H53NO6S/c1-13-23(29)17-27(11,14-2)20-32-19-24(5,6)18-28(12)35(30,31)21-26(9,10)33-16-15-25(7,8)34-22(3)4/h13,22H,1,14-21H2,2-12H3. The minimum atomic E-state index is -3.55. The van der Waals surface area contributed by atoms with Crippen LogP contribution in [0.25, 0.3) is 0 Å². The summed E-state index contributed by atoms with van der Waals surface area (Å²) in [6.07, 6.45) is 3.33. The average molecular weight is 520 g/mol. The zero-order chi connectivity index (χ0) is 27.7. The lowest BCUT2D eigenvalue weighted by molar-refractivity contribution is -0.118. The van der Waals surface area contributed by atoms with E-state index in [0.717, 1.165) is 6.42 Å². The molecular weight excluding hydrogens is 466 g/mol. The highest BCUT2D eigenvalue weighted by molar-refractivity contribution is 7.89. The summed E-state index contributed by atoms with van der Waals surface area (Å²) in [5.74, 6) is -0.111. The number of nitrogens with zero attached hydrogens (tertiary/aromatic N) is 1. The minimum Gasteiger partial charge on any atom is -0.380 e. The molecule has 7 nitrogen and oxygen atoms in total. The molecule has 0 spiro atoms. The van der Waals surface area contributed by atoms with Gasteiger partial charge in [0.05, 0.1) is 42.9 Å². The van der Waals surface area contributed by atoms with Gasteiger partial charge in [-0.1, -0.05) is 34.3 Å². The number of allylic oxidation sites excluding steroid dienone is 1. The molecular formula is C27H53NO6S. The number of ether oxygens (including phenoxy) is 3. The number of hydrogen-bond donors (Lipinski definition) is 0. The van der Waals surface area contributed by atoms with Crippen LogP contribution < -0.4 is 0 Å². The van der Waals surface area contributed by atoms with Gasteiger partial charge >= 0.3 is 0 Å². The molecule has 8 heteroatoms. The van der Waals surface area contributed by atoms with Crippen LogP contribution in [0.15, 0.2) is 12.7 Å². The monoisotopic (exact) mass is 519 g/mol. The van der Waals surface area contributed by atoms with Crippen LogP contribution in [0.1, 0.15) is 88.5 Å². The van der Waals surface area contributed by atoms with E-state index in [4.69, 9.17) is 14.2 Å². The molecule has 1 unspecified atom stereocenters. The molecule has 0 rings (SSSR count). The fourth-order valence-electron chi connectivity index (χ4n) is 3.95. The first-order valence-corrected chi connectivity index (χ1v) is 14.3. The summed E-state index contributed by atoms with van der Waals surface area (Å²) in [6.45, 7) is 24.7. The van der Waals surface area contributed by atoms with Crippen molar-refractivity contribution in [1.29, 1.82) is 0 Å². The molecule has 0 amide bonds. The van der Waals surface area contributed by atoms with Gasteiger partial charge in [0.1, 0.15) is 0 Å². The van der Waals surface area contributed by atoms with Crippen molar-refractivity contribution in [3.63, 3.8) is 0 Å².